The maximum atomic E-state index is 12.0. The number of benzene rings is 2. The van der Waals surface area contributed by atoms with Gasteiger partial charge >= 0.3 is 6.61 Å². The molecule has 2 aromatic rings. The standard InChI is InChI=1S/C15H11Cl2F2NO3/c16-12-6-5-11(7-13(12)17)22-8-14(21)20-9-1-3-10(4-2-9)23-15(18)19/h1-7,15H,8H2,(H,20,21). The van der Waals surface area contributed by atoms with Crippen LogP contribution in [0.2, 0.25) is 10.0 Å². The van der Waals surface area contributed by atoms with Crippen molar-refractivity contribution in [1.82, 2.24) is 0 Å². The van der Waals surface area contributed by atoms with E-state index < -0.39 is 12.5 Å². The fraction of sp³-hybridized carbons (Fsp3) is 0.133. The van der Waals surface area contributed by atoms with Gasteiger partial charge in [0.2, 0.25) is 0 Å². The van der Waals surface area contributed by atoms with Crippen molar-refractivity contribution >= 4 is 34.8 Å². The summed E-state index contributed by atoms with van der Waals surface area (Å²) in [7, 11) is 0. The second-order valence-corrected chi connectivity index (χ2v) is 5.13. The summed E-state index contributed by atoms with van der Waals surface area (Å²) in [4.78, 5) is 11.8. The summed E-state index contributed by atoms with van der Waals surface area (Å²) >= 11 is 11.6. The molecule has 0 aliphatic rings. The summed E-state index contributed by atoms with van der Waals surface area (Å²) in [5, 5.41) is 3.26. The lowest BCUT2D eigenvalue weighted by molar-refractivity contribution is -0.118. The third-order valence-corrected chi connectivity index (χ3v) is 3.36. The number of hydrogen-bond acceptors (Lipinski definition) is 3. The first-order chi connectivity index (χ1) is 10.9. The molecule has 0 unspecified atom stereocenters. The topological polar surface area (TPSA) is 47.6 Å². The van der Waals surface area contributed by atoms with E-state index in [4.69, 9.17) is 27.9 Å². The minimum absolute atomic E-state index is 0.00468. The molecule has 1 amide bonds. The van der Waals surface area contributed by atoms with Crippen molar-refractivity contribution in [2.24, 2.45) is 0 Å². The zero-order valence-corrected chi connectivity index (χ0v) is 13.1. The highest BCUT2D eigenvalue weighted by Gasteiger charge is 2.07. The van der Waals surface area contributed by atoms with Crippen molar-refractivity contribution in [2.75, 3.05) is 11.9 Å². The van der Waals surface area contributed by atoms with Crippen LogP contribution < -0.4 is 14.8 Å². The van der Waals surface area contributed by atoms with Crippen LogP contribution in [0.4, 0.5) is 14.5 Å². The van der Waals surface area contributed by atoms with E-state index in [2.05, 4.69) is 10.1 Å². The number of hydrogen-bond donors (Lipinski definition) is 1. The second-order valence-electron chi connectivity index (χ2n) is 4.32. The minimum atomic E-state index is -2.89. The Bertz CT molecular complexity index is 681. The molecule has 0 aromatic heterocycles. The third kappa shape index (κ3) is 5.58. The third-order valence-electron chi connectivity index (χ3n) is 2.62. The van der Waals surface area contributed by atoms with E-state index in [0.717, 1.165) is 0 Å². The van der Waals surface area contributed by atoms with Gasteiger partial charge in [0, 0.05) is 11.8 Å². The summed E-state index contributed by atoms with van der Waals surface area (Å²) in [6.07, 6.45) is 0. The maximum Gasteiger partial charge on any atom is 0.387 e. The number of amides is 1. The van der Waals surface area contributed by atoms with E-state index in [-0.39, 0.29) is 12.4 Å². The van der Waals surface area contributed by atoms with Crippen LogP contribution in [0.1, 0.15) is 0 Å². The highest BCUT2D eigenvalue weighted by atomic mass is 35.5. The Morgan fingerprint density at radius 1 is 1.04 bits per heavy atom. The first kappa shape index (κ1) is 17.3. The Morgan fingerprint density at radius 2 is 1.70 bits per heavy atom. The van der Waals surface area contributed by atoms with E-state index >= 15 is 0 Å². The molecule has 0 fully saturated rings. The Balaban J connectivity index is 1.85. The molecular weight excluding hydrogens is 351 g/mol. The van der Waals surface area contributed by atoms with E-state index in [1.807, 2.05) is 0 Å². The number of alkyl halides is 2. The fourth-order valence-corrected chi connectivity index (χ4v) is 1.92. The quantitative estimate of drug-likeness (QED) is 0.816. The van der Waals surface area contributed by atoms with Gasteiger partial charge in [-0.3, -0.25) is 4.79 Å². The summed E-state index contributed by atoms with van der Waals surface area (Å²) < 4.78 is 33.5. The molecular formula is C15H11Cl2F2NO3. The van der Waals surface area contributed by atoms with Crippen LogP contribution in [-0.4, -0.2) is 19.1 Å². The van der Waals surface area contributed by atoms with Crippen molar-refractivity contribution in [2.45, 2.75) is 6.61 Å². The van der Waals surface area contributed by atoms with Gasteiger partial charge in [0.1, 0.15) is 11.5 Å². The van der Waals surface area contributed by atoms with Gasteiger partial charge in [0.15, 0.2) is 6.61 Å². The average Bonchev–Trinajstić information content (AvgIpc) is 2.50. The summed E-state index contributed by atoms with van der Waals surface area (Å²) in [5.41, 5.74) is 0.425. The largest absolute Gasteiger partial charge is 0.484 e. The number of carbonyl (C=O) groups excluding carboxylic acids is 1. The van der Waals surface area contributed by atoms with Crippen molar-refractivity contribution in [1.29, 1.82) is 0 Å². The van der Waals surface area contributed by atoms with Crippen molar-refractivity contribution in [3.63, 3.8) is 0 Å². The highest BCUT2D eigenvalue weighted by molar-refractivity contribution is 6.42. The fourth-order valence-electron chi connectivity index (χ4n) is 1.63. The van der Waals surface area contributed by atoms with Crippen LogP contribution in [0.5, 0.6) is 11.5 Å². The van der Waals surface area contributed by atoms with Crippen LogP contribution >= 0.6 is 23.2 Å². The van der Waals surface area contributed by atoms with Crippen LogP contribution in [0.25, 0.3) is 0 Å². The average molecular weight is 362 g/mol. The van der Waals surface area contributed by atoms with Crippen molar-refractivity contribution in [3.8, 4) is 11.5 Å². The molecule has 8 heteroatoms. The van der Waals surface area contributed by atoms with Gasteiger partial charge in [0.05, 0.1) is 10.0 Å². The molecule has 0 heterocycles. The molecule has 0 bridgehead atoms. The van der Waals surface area contributed by atoms with E-state index in [1.54, 1.807) is 12.1 Å². The van der Waals surface area contributed by atoms with Gasteiger partial charge in [-0.05, 0) is 36.4 Å². The Morgan fingerprint density at radius 3 is 2.30 bits per heavy atom. The Kier molecular flexibility index (Phi) is 6.01. The van der Waals surface area contributed by atoms with Crippen molar-refractivity contribution in [3.05, 3.63) is 52.5 Å². The maximum absolute atomic E-state index is 12.0. The number of carbonyl (C=O) groups is 1. The van der Waals surface area contributed by atoms with Gasteiger partial charge in [-0.2, -0.15) is 8.78 Å². The zero-order chi connectivity index (χ0) is 16.8. The molecule has 0 atom stereocenters. The predicted molar refractivity (Wildman–Crippen MR) is 83.7 cm³/mol. The molecule has 2 aromatic carbocycles. The first-order valence-corrected chi connectivity index (χ1v) is 7.12. The molecule has 4 nitrogen and oxygen atoms in total. The lowest BCUT2D eigenvalue weighted by Gasteiger charge is -2.09. The smallest absolute Gasteiger partial charge is 0.387 e. The van der Waals surface area contributed by atoms with Crippen LogP contribution in [0, 0.1) is 0 Å². The Labute approximate surface area is 140 Å². The normalized spacial score (nSPS) is 10.5. The molecule has 0 saturated carbocycles. The molecule has 122 valence electrons. The predicted octanol–water partition coefficient (Wildman–Crippen LogP) is 4.61. The summed E-state index contributed by atoms with van der Waals surface area (Å²) in [6.45, 7) is -3.14. The number of ether oxygens (including phenoxy) is 2. The SMILES string of the molecule is O=C(COc1ccc(Cl)c(Cl)c1)Nc1ccc(OC(F)F)cc1. The molecule has 0 spiro atoms. The number of anilines is 1. The van der Waals surface area contributed by atoms with Crippen LogP contribution in [0.3, 0.4) is 0 Å². The zero-order valence-electron chi connectivity index (χ0n) is 11.6. The van der Waals surface area contributed by atoms with E-state index in [1.165, 1.54) is 30.3 Å². The first-order valence-electron chi connectivity index (χ1n) is 6.36. The number of halogens is 4. The molecule has 0 radical (unpaired) electrons. The molecule has 1 N–H and O–H groups in total. The molecule has 0 aliphatic heterocycles. The van der Waals surface area contributed by atoms with Gasteiger partial charge in [-0.15, -0.1) is 0 Å². The lowest BCUT2D eigenvalue weighted by atomic mass is 10.3. The lowest BCUT2D eigenvalue weighted by Crippen LogP contribution is -2.20. The molecule has 23 heavy (non-hydrogen) atoms. The number of nitrogens with one attached hydrogen (secondary N) is 1. The van der Waals surface area contributed by atoms with Crippen molar-refractivity contribution < 1.29 is 23.0 Å². The van der Waals surface area contributed by atoms with E-state index in [0.29, 0.717) is 21.5 Å². The molecule has 0 aliphatic carbocycles. The Hall–Kier alpha value is -2.05. The van der Waals surface area contributed by atoms with Crippen LogP contribution in [0.15, 0.2) is 42.5 Å². The van der Waals surface area contributed by atoms with Gasteiger partial charge in [0.25, 0.3) is 5.91 Å². The second kappa shape index (κ2) is 7.99. The molecule has 2 rings (SSSR count). The van der Waals surface area contributed by atoms with Gasteiger partial charge in [-0.25, -0.2) is 0 Å². The monoisotopic (exact) mass is 361 g/mol. The highest BCUT2D eigenvalue weighted by Crippen LogP contribution is 2.26. The summed E-state index contributed by atoms with van der Waals surface area (Å²) in [6, 6.07) is 10.2. The number of rotatable bonds is 6. The van der Waals surface area contributed by atoms with Gasteiger partial charge < -0.3 is 14.8 Å². The minimum Gasteiger partial charge on any atom is -0.484 e. The molecule has 0 saturated heterocycles. The van der Waals surface area contributed by atoms with Gasteiger partial charge in [-0.1, -0.05) is 23.2 Å². The van der Waals surface area contributed by atoms with E-state index in [9.17, 15) is 13.6 Å². The summed E-state index contributed by atoms with van der Waals surface area (Å²) in [5.74, 6) is -0.0149. The van der Waals surface area contributed by atoms with Crippen LogP contribution in [-0.2, 0) is 4.79 Å².